The summed E-state index contributed by atoms with van der Waals surface area (Å²) in [5, 5.41) is 2.69. The molecule has 2 aliphatic carbocycles. The third-order valence-corrected chi connectivity index (χ3v) is 9.62. The molecule has 0 radical (unpaired) electrons. The standard InChI is InChI=1S/C21H25.C13H13.C11H8.Zr/c1-20(2,3)16-9-7-14-11-15-8-10-17(21(4,5)6)13-19(15)18(14)12-16;1-10-8-11(2)13(9-10)12-6-4-3-5-7-12;1-9-5-4-7-10-6-2-3-8-11(9)10;/h7,9-10,12-13H,11H2,1-6H3;3-7,9-10H,1-2H3;1-8H;/q2*-1;;+2. The summed E-state index contributed by atoms with van der Waals surface area (Å²) in [5.74, 6) is 0.468. The normalized spacial score (nSPS) is 15.0. The fraction of sp³-hybridized carbons (Fsp3) is 0.267. The van der Waals surface area contributed by atoms with E-state index in [0.717, 1.165) is 6.42 Å². The Balaban J connectivity index is 0.000000144. The van der Waals surface area contributed by atoms with Gasteiger partial charge in [0.1, 0.15) is 0 Å². The van der Waals surface area contributed by atoms with Crippen LogP contribution in [-0.2, 0) is 41.5 Å². The number of fused-ring (bicyclic) bond motifs is 4. The summed E-state index contributed by atoms with van der Waals surface area (Å²) in [6, 6.07) is 40.5. The van der Waals surface area contributed by atoms with Gasteiger partial charge in [-0.1, -0.05) is 126 Å². The van der Waals surface area contributed by atoms with Crippen molar-refractivity contribution in [2.45, 2.75) is 72.6 Å². The van der Waals surface area contributed by atoms with E-state index in [0.29, 0.717) is 5.92 Å². The van der Waals surface area contributed by atoms with E-state index in [-0.39, 0.29) is 10.8 Å². The monoisotopic (exact) mass is 676 g/mol. The van der Waals surface area contributed by atoms with Gasteiger partial charge in [0.25, 0.3) is 0 Å². The molecule has 0 bridgehead atoms. The maximum atomic E-state index is 3.53. The molecule has 0 heterocycles. The molecule has 230 valence electrons. The van der Waals surface area contributed by atoms with Crippen LogP contribution in [0.5, 0.6) is 0 Å². The average molecular weight is 678 g/mol. The predicted molar refractivity (Wildman–Crippen MR) is 196 cm³/mol. The van der Waals surface area contributed by atoms with Crippen LogP contribution in [0.2, 0.25) is 0 Å². The number of allylic oxidation sites excluding steroid dienone is 4. The second-order valence-corrected chi connectivity index (χ2v) is 15.3. The molecule has 0 nitrogen and oxygen atoms in total. The summed E-state index contributed by atoms with van der Waals surface area (Å²) in [7, 11) is 0. The van der Waals surface area contributed by atoms with Gasteiger partial charge in [-0.3, -0.25) is 6.08 Å². The Hall–Kier alpha value is -3.41. The predicted octanol–water partition coefficient (Wildman–Crippen LogP) is 11.7. The fourth-order valence-corrected chi connectivity index (χ4v) is 6.75. The van der Waals surface area contributed by atoms with Crippen molar-refractivity contribution in [1.29, 1.82) is 0 Å². The molecule has 0 aromatic heterocycles. The van der Waals surface area contributed by atoms with Gasteiger partial charge in [0, 0.05) is 0 Å². The first-order valence-electron chi connectivity index (χ1n) is 16.4. The van der Waals surface area contributed by atoms with Crippen molar-refractivity contribution in [2.75, 3.05) is 0 Å². The van der Waals surface area contributed by atoms with Crippen LogP contribution in [0.4, 0.5) is 0 Å². The van der Waals surface area contributed by atoms with Gasteiger partial charge in [-0.05, 0) is 17.4 Å². The molecule has 0 N–H and O–H groups in total. The third-order valence-electron chi connectivity index (χ3n) is 8.85. The zero-order valence-corrected chi connectivity index (χ0v) is 31.2. The summed E-state index contributed by atoms with van der Waals surface area (Å²) in [6.07, 6.45) is 6.69. The second kappa shape index (κ2) is 14.2. The van der Waals surface area contributed by atoms with E-state index in [9.17, 15) is 0 Å². The topological polar surface area (TPSA) is 0 Å². The van der Waals surface area contributed by atoms with Crippen LogP contribution >= 0.6 is 0 Å². The molecular formula is C45H46Zr. The Bertz CT molecular complexity index is 1840. The molecule has 0 saturated carbocycles. The van der Waals surface area contributed by atoms with E-state index in [1.807, 2.05) is 6.07 Å². The van der Waals surface area contributed by atoms with Gasteiger partial charge < -0.3 is 0 Å². The van der Waals surface area contributed by atoms with Crippen LogP contribution in [0, 0.1) is 18.1 Å². The van der Waals surface area contributed by atoms with Gasteiger partial charge in [0.15, 0.2) is 0 Å². The van der Waals surface area contributed by atoms with Crippen molar-refractivity contribution in [3.8, 4) is 11.1 Å². The Morgan fingerprint density at radius 3 is 2.04 bits per heavy atom. The van der Waals surface area contributed by atoms with E-state index in [4.69, 9.17) is 0 Å². The molecule has 1 atom stereocenters. The van der Waals surface area contributed by atoms with Crippen molar-refractivity contribution in [1.82, 2.24) is 0 Å². The zero-order valence-electron chi connectivity index (χ0n) is 28.8. The van der Waals surface area contributed by atoms with Crippen molar-refractivity contribution < 1.29 is 24.2 Å². The molecule has 46 heavy (non-hydrogen) atoms. The Kier molecular flexibility index (Phi) is 10.4. The molecule has 1 unspecified atom stereocenters. The van der Waals surface area contributed by atoms with E-state index < -0.39 is 0 Å². The van der Waals surface area contributed by atoms with Crippen molar-refractivity contribution in [3.05, 3.63) is 160 Å². The zero-order chi connectivity index (χ0) is 33.1. The van der Waals surface area contributed by atoms with Gasteiger partial charge in [-0.25, -0.2) is 5.57 Å². The van der Waals surface area contributed by atoms with Gasteiger partial charge in [0.2, 0.25) is 0 Å². The molecule has 0 aliphatic heterocycles. The Labute approximate surface area is 292 Å². The molecule has 0 saturated heterocycles. The van der Waals surface area contributed by atoms with Crippen LogP contribution in [0.3, 0.4) is 0 Å². The van der Waals surface area contributed by atoms with Crippen LogP contribution in [-0.4, -0.2) is 3.71 Å². The Morgan fingerprint density at radius 1 is 0.739 bits per heavy atom. The molecule has 0 spiro atoms. The van der Waals surface area contributed by atoms with Gasteiger partial charge in [-0.2, -0.15) is 41.0 Å². The van der Waals surface area contributed by atoms with E-state index in [1.54, 1.807) is 0 Å². The van der Waals surface area contributed by atoms with Gasteiger partial charge in [-0.15, -0.1) is 11.1 Å². The van der Waals surface area contributed by atoms with Gasteiger partial charge in [0.05, 0.1) is 0 Å². The quantitative estimate of drug-likeness (QED) is 0.160. The summed E-state index contributed by atoms with van der Waals surface area (Å²) in [6.45, 7) is 17.9. The second-order valence-electron chi connectivity index (χ2n) is 14.5. The number of rotatable bonds is 2. The molecule has 5 aromatic rings. The van der Waals surface area contributed by atoms with E-state index in [1.165, 1.54) is 90.7 Å². The van der Waals surface area contributed by atoms with Crippen molar-refractivity contribution in [3.63, 3.8) is 0 Å². The van der Waals surface area contributed by atoms with Crippen molar-refractivity contribution in [2.24, 2.45) is 5.92 Å². The SMILES string of the molecule is CC(C)(C)c1c[c-]c2c(c1)-c1cc(C(C)(C)C)ccc1C2.CC1=[C-]C(C)C=C1c1ccccc1.[Zr+2]=[CH]c1cccc2ccccc12. The van der Waals surface area contributed by atoms with Gasteiger partial charge >= 0.3 is 86.7 Å². The van der Waals surface area contributed by atoms with Crippen LogP contribution in [0.15, 0.2) is 115 Å². The van der Waals surface area contributed by atoms with Crippen LogP contribution in [0.25, 0.3) is 27.5 Å². The molecule has 7 rings (SSSR count). The fourth-order valence-electron chi connectivity index (χ4n) is 6.13. The molecule has 5 aromatic carbocycles. The number of hydrogen-bond acceptors (Lipinski definition) is 0. The molecular weight excluding hydrogens is 632 g/mol. The van der Waals surface area contributed by atoms with E-state index in [2.05, 4.69) is 174 Å². The summed E-state index contributed by atoms with van der Waals surface area (Å²) in [5.41, 5.74) is 14.0. The molecule has 1 heteroatoms. The summed E-state index contributed by atoms with van der Waals surface area (Å²) < 4.78 is 2.23. The Morgan fingerprint density at radius 2 is 1.39 bits per heavy atom. The summed E-state index contributed by atoms with van der Waals surface area (Å²) >= 11 is 1.46. The first-order valence-corrected chi connectivity index (χ1v) is 17.8. The van der Waals surface area contributed by atoms with Crippen LogP contribution in [0.1, 0.15) is 88.8 Å². The average Bonchev–Trinajstić information content (AvgIpc) is 3.58. The first-order chi connectivity index (χ1) is 21.8. The summed E-state index contributed by atoms with van der Waals surface area (Å²) in [4.78, 5) is 0. The minimum absolute atomic E-state index is 0.177. The number of hydrogen-bond donors (Lipinski definition) is 0. The van der Waals surface area contributed by atoms with Crippen LogP contribution < -0.4 is 0 Å². The molecule has 0 fully saturated rings. The third kappa shape index (κ3) is 7.93. The van der Waals surface area contributed by atoms with Crippen molar-refractivity contribution >= 4 is 20.1 Å². The number of benzene rings is 5. The molecule has 2 aliphatic rings. The molecule has 0 amide bonds. The minimum atomic E-state index is 0.177. The van der Waals surface area contributed by atoms with E-state index >= 15 is 0 Å². The maximum absolute atomic E-state index is 3.53. The first kappa shape index (κ1) is 33.9.